The van der Waals surface area contributed by atoms with E-state index in [0.29, 0.717) is 12.3 Å². The summed E-state index contributed by atoms with van der Waals surface area (Å²) in [5.74, 6) is 1.46. The minimum atomic E-state index is 0.261. The van der Waals surface area contributed by atoms with Gasteiger partial charge in [0.25, 0.3) is 0 Å². The first-order valence-corrected chi connectivity index (χ1v) is 3.97. The van der Waals surface area contributed by atoms with Crippen molar-refractivity contribution in [1.82, 2.24) is 0 Å². The van der Waals surface area contributed by atoms with Gasteiger partial charge < -0.3 is 4.74 Å². The van der Waals surface area contributed by atoms with Gasteiger partial charge in [0, 0.05) is 18.4 Å². The molecule has 0 amide bonds. The summed E-state index contributed by atoms with van der Waals surface area (Å²) in [6.07, 6.45) is 1.43. The molecule has 0 aromatic rings. The summed E-state index contributed by atoms with van der Waals surface area (Å²) in [4.78, 5) is 11.2. The van der Waals surface area contributed by atoms with Crippen LogP contribution >= 0.6 is 0 Å². The zero-order valence-electron chi connectivity index (χ0n) is 7.31. The van der Waals surface area contributed by atoms with Crippen LogP contribution in [-0.4, -0.2) is 12.9 Å². The highest BCUT2D eigenvalue weighted by Crippen LogP contribution is 2.28. The molecule has 0 radical (unpaired) electrons. The van der Waals surface area contributed by atoms with Gasteiger partial charge in [0.15, 0.2) is 5.78 Å². The summed E-state index contributed by atoms with van der Waals surface area (Å²) >= 11 is 0. The third kappa shape index (κ3) is 1.44. The molecule has 0 saturated carbocycles. The van der Waals surface area contributed by atoms with E-state index in [4.69, 9.17) is 4.74 Å². The Bertz CT molecular complexity index is 202. The summed E-state index contributed by atoms with van der Waals surface area (Å²) in [5, 5.41) is 0. The third-order valence-electron chi connectivity index (χ3n) is 2.00. The molecule has 0 aromatic carbocycles. The lowest BCUT2D eigenvalue weighted by Crippen LogP contribution is -2.04. The molecule has 0 N–H and O–H groups in total. The highest BCUT2D eigenvalue weighted by Gasteiger charge is 2.25. The first-order valence-electron chi connectivity index (χ1n) is 3.97. The number of carbonyl (C=O) groups is 1. The van der Waals surface area contributed by atoms with Crippen LogP contribution in [0.5, 0.6) is 0 Å². The lowest BCUT2D eigenvalue weighted by molar-refractivity contribution is -0.115. The maximum atomic E-state index is 11.2. The average molecular weight is 154 g/mol. The average Bonchev–Trinajstić information content (AvgIpc) is 2.30. The molecule has 0 bridgehead atoms. The fourth-order valence-corrected chi connectivity index (χ4v) is 1.51. The van der Waals surface area contributed by atoms with Gasteiger partial charge in [-0.3, -0.25) is 4.79 Å². The highest BCUT2D eigenvalue weighted by atomic mass is 16.5. The van der Waals surface area contributed by atoms with Crippen molar-refractivity contribution in [3.8, 4) is 0 Å². The van der Waals surface area contributed by atoms with Crippen LogP contribution in [0.25, 0.3) is 0 Å². The number of ketones is 1. The molecule has 2 nitrogen and oxygen atoms in total. The largest absolute Gasteiger partial charge is 0.501 e. The molecule has 2 heteroatoms. The molecular formula is C9H14O2. The van der Waals surface area contributed by atoms with Crippen LogP contribution in [-0.2, 0) is 9.53 Å². The van der Waals surface area contributed by atoms with Crippen molar-refractivity contribution in [3.63, 3.8) is 0 Å². The van der Waals surface area contributed by atoms with Gasteiger partial charge in [-0.1, -0.05) is 13.8 Å². The molecule has 0 spiro atoms. The van der Waals surface area contributed by atoms with Crippen LogP contribution < -0.4 is 0 Å². The number of hydrogen-bond acceptors (Lipinski definition) is 2. The summed E-state index contributed by atoms with van der Waals surface area (Å²) in [6.45, 7) is 4.05. The van der Waals surface area contributed by atoms with Crippen molar-refractivity contribution in [2.45, 2.75) is 26.7 Å². The van der Waals surface area contributed by atoms with Crippen LogP contribution in [0.2, 0.25) is 0 Å². The van der Waals surface area contributed by atoms with Crippen molar-refractivity contribution in [2.24, 2.45) is 5.92 Å². The van der Waals surface area contributed by atoms with Crippen molar-refractivity contribution in [2.75, 3.05) is 7.11 Å². The first kappa shape index (κ1) is 8.31. The van der Waals surface area contributed by atoms with Gasteiger partial charge in [-0.2, -0.15) is 0 Å². The second-order valence-corrected chi connectivity index (χ2v) is 3.12. The fraction of sp³-hybridized carbons (Fsp3) is 0.667. The van der Waals surface area contributed by atoms with Gasteiger partial charge in [-0.05, 0) is 5.92 Å². The van der Waals surface area contributed by atoms with E-state index in [1.54, 1.807) is 7.11 Å². The first-order chi connectivity index (χ1) is 5.16. The Morgan fingerprint density at radius 3 is 2.36 bits per heavy atom. The molecule has 0 fully saturated rings. The molecule has 0 heterocycles. The van der Waals surface area contributed by atoms with Gasteiger partial charge in [-0.15, -0.1) is 0 Å². The molecule has 1 aliphatic rings. The topological polar surface area (TPSA) is 26.3 Å². The van der Waals surface area contributed by atoms with Gasteiger partial charge in [-0.25, -0.2) is 0 Å². The maximum absolute atomic E-state index is 11.2. The smallest absolute Gasteiger partial charge is 0.162 e. The lowest BCUT2D eigenvalue weighted by Gasteiger charge is -2.07. The Hall–Kier alpha value is -0.790. The number of carbonyl (C=O) groups excluding carboxylic acids is 1. The van der Waals surface area contributed by atoms with E-state index < -0.39 is 0 Å². The standard InChI is InChI=1S/C9H14O2/c1-6(2)9-7(10)4-5-8(9)11-3/h6H,4-5H2,1-3H3. The second kappa shape index (κ2) is 3.07. The molecule has 0 aliphatic heterocycles. The predicted octanol–water partition coefficient (Wildman–Crippen LogP) is 1.91. The Kier molecular flexibility index (Phi) is 2.32. The van der Waals surface area contributed by atoms with E-state index in [2.05, 4.69) is 0 Å². The van der Waals surface area contributed by atoms with Crippen LogP contribution in [0, 0.1) is 5.92 Å². The molecular weight excluding hydrogens is 140 g/mol. The second-order valence-electron chi connectivity index (χ2n) is 3.12. The quantitative estimate of drug-likeness (QED) is 0.607. The normalized spacial score (nSPS) is 18.4. The number of rotatable bonds is 2. The third-order valence-corrected chi connectivity index (χ3v) is 2.00. The van der Waals surface area contributed by atoms with Crippen LogP contribution in [0.1, 0.15) is 26.7 Å². The fourth-order valence-electron chi connectivity index (χ4n) is 1.51. The SMILES string of the molecule is COC1=C(C(C)C)C(=O)CC1. The summed E-state index contributed by atoms with van der Waals surface area (Å²) in [7, 11) is 1.64. The highest BCUT2D eigenvalue weighted by molar-refractivity contribution is 5.98. The van der Waals surface area contributed by atoms with Gasteiger partial charge in [0.2, 0.25) is 0 Å². The van der Waals surface area contributed by atoms with E-state index in [1.165, 1.54) is 0 Å². The predicted molar refractivity (Wildman–Crippen MR) is 43.1 cm³/mol. The molecule has 0 atom stereocenters. The van der Waals surface area contributed by atoms with Crippen molar-refractivity contribution in [1.29, 1.82) is 0 Å². The van der Waals surface area contributed by atoms with Crippen molar-refractivity contribution < 1.29 is 9.53 Å². The maximum Gasteiger partial charge on any atom is 0.162 e. The Morgan fingerprint density at radius 1 is 1.36 bits per heavy atom. The molecule has 1 aliphatic carbocycles. The number of Topliss-reactive ketones (excluding diaryl/α,β-unsaturated/α-hetero) is 1. The number of ether oxygens (including phenoxy) is 1. The Morgan fingerprint density at radius 2 is 2.00 bits per heavy atom. The van der Waals surface area contributed by atoms with E-state index in [0.717, 1.165) is 17.8 Å². The minimum absolute atomic E-state index is 0.261. The van der Waals surface area contributed by atoms with Crippen LogP contribution in [0.4, 0.5) is 0 Å². The van der Waals surface area contributed by atoms with Gasteiger partial charge in [0.1, 0.15) is 5.76 Å². The van der Waals surface area contributed by atoms with E-state index in [9.17, 15) is 4.79 Å². The lowest BCUT2D eigenvalue weighted by atomic mass is 10.0. The van der Waals surface area contributed by atoms with Crippen molar-refractivity contribution in [3.05, 3.63) is 11.3 Å². The molecule has 1 rings (SSSR count). The van der Waals surface area contributed by atoms with Gasteiger partial charge >= 0.3 is 0 Å². The molecule has 11 heavy (non-hydrogen) atoms. The Labute approximate surface area is 67.2 Å². The monoisotopic (exact) mass is 154 g/mol. The number of hydrogen-bond donors (Lipinski definition) is 0. The minimum Gasteiger partial charge on any atom is -0.501 e. The van der Waals surface area contributed by atoms with Crippen molar-refractivity contribution >= 4 is 5.78 Å². The van der Waals surface area contributed by atoms with Gasteiger partial charge in [0.05, 0.1) is 7.11 Å². The summed E-state index contributed by atoms with van der Waals surface area (Å²) in [6, 6.07) is 0. The number of allylic oxidation sites excluding steroid dienone is 2. The molecule has 0 saturated heterocycles. The van der Waals surface area contributed by atoms with Crippen LogP contribution in [0.15, 0.2) is 11.3 Å². The Balaban J connectivity index is 2.90. The van der Waals surface area contributed by atoms with E-state index >= 15 is 0 Å². The van der Waals surface area contributed by atoms with Crippen LogP contribution in [0.3, 0.4) is 0 Å². The molecule has 0 unspecified atom stereocenters. The molecule has 62 valence electrons. The van der Waals surface area contributed by atoms with E-state index in [1.807, 2.05) is 13.8 Å². The summed E-state index contributed by atoms with van der Waals surface area (Å²) < 4.78 is 5.11. The summed E-state index contributed by atoms with van der Waals surface area (Å²) in [5.41, 5.74) is 0.896. The number of methoxy groups -OCH3 is 1. The molecule has 0 aromatic heterocycles. The zero-order valence-corrected chi connectivity index (χ0v) is 7.31. The zero-order chi connectivity index (χ0) is 8.43. The van der Waals surface area contributed by atoms with E-state index in [-0.39, 0.29) is 5.78 Å².